The molecule has 1 aliphatic carbocycles. The summed E-state index contributed by atoms with van der Waals surface area (Å²) in [5, 5.41) is 5.03. The number of hydrogen-bond acceptors (Lipinski definition) is 7. The largest absolute Gasteiger partial charge is 0.496 e. The van der Waals surface area contributed by atoms with Crippen LogP contribution in [0.25, 0.3) is 33.1 Å². The van der Waals surface area contributed by atoms with E-state index in [0.717, 1.165) is 70.4 Å². The van der Waals surface area contributed by atoms with Gasteiger partial charge in [0.1, 0.15) is 29.2 Å². The molecule has 1 N–H and O–H groups in total. The van der Waals surface area contributed by atoms with Gasteiger partial charge in [0.15, 0.2) is 0 Å². The zero-order chi connectivity index (χ0) is 31.9. The zero-order valence-electron chi connectivity index (χ0n) is 27.4. The molecule has 46 heavy (non-hydrogen) atoms. The topological polar surface area (TPSA) is 89.7 Å². The van der Waals surface area contributed by atoms with Crippen molar-refractivity contribution >= 4 is 33.5 Å². The first-order valence-electron chi connectivity index (χ1n) is 16.2. The molecule has 0 unspecified atom stereocenters. The Morgan fingerprint density at radius 2 is 1.63 bits per heavy atom. The van der Waals surface area contributed by atoms with Crippen molar-refractivity contribution in [2.24, 2.45) is 7.05 Å². The van der Waals surface area contributed by atoms with Crippen LogP contribution in [-0.4, -0.2) is 88.3 Å². The number of rotatable bonds is 7. The first kappa shape index (κ1) is 30.3. The highest BCUT2D eigenvalue weighted by molar-refractivity contribution is 6.08. The van der Waals surface area contributed by atoms with E-state index < -0.39 is 0 Å². The lowest BCUT2D eigenvalue weighted by Gasteiger charge is -2.41. The van der Waals surface area contributed by atoms with Crippen LogP contribution >= 0.6 is 0 Å². The molecule has 0 radical (unpaired) electrons. The molecule has 1 aliphatic heterocycles. The van der Waals surface area contributed by atoms with Crippen LogP contribution in [0.5, 0.6) is 11.5 Å². The first-order valence-corrected chi connectivity index (χ1v) is 16.2. The number of aromatic nitrogens is 4. The van der Waals surface area contributed by atoms with E-state index in [4.69, 9.17) is 14.5 Å². The second kappa shape index (κ2) is 12.4. The number of hydrogen-bond donors (Lipinski definition) is 1. The molecule has 7 rings (SSSR count). The van der Waals surface area contributed by atoms with Crippen LogP contribution in [0, 0.1) is 6.92 Å². The fourth-order valence-corrected chi connectivity index (χ4v) is 7.50. The molecule has 1 saturated heterocycles. The molecule has 2 aromatic carbocycles. The summed E-state index contributed by atoms with van der Waals surface area (Å²) in [5.74, 6) is 1.10. The van der Waals surface area contributed by atoms with Gasteiger partial charge in [-0.1, -0.05) is 12.1 Å². The summed E-state index contributed by atoms with van der Waals surface area (Å²) < 4.78 is 15.6. The molecule has 10 nitrogen and oxygen atoms in total. The molecule has 1 saturated carbocycles. The number of anilines is 1. The number of likely N-dealkylation sites (N-methyl/N-ethyl adjacent to an activating group) is 1. The van der Waals surface area contributed by atoms with Crippen molar-refractivity contribution in [1.82, 2.24) is 28.9 Å². The molecule has 0 atom stereocenters. The summed E-state index contributed by atoms with van der Waals surface area (Å²) in [4.78, 5) is 28.0. The third kappa shape index (κ3) is 5.39. The smallest absolute Gasteiger partial charge is 0.272 e. The molecule has 5 aromatic rings. The molecule has 1 amide bonds. The molecular weight excluding hydrogens is 578 g/mol. The molecule has 240 valence electrons. The van der Waals surface area contributed by atoms with Gasteiger partial charge >= 0.3 is 0 Å². The summed E-state index contributed by atoms with van der Waals surface area (Å²) >= 11 is 0. The van der Waals surface area contributed by atoms with Gasteiger partial charge in [0.05, 0.1) is 31.1 Å². The minimum absolute atomic E-state index is 0.222. The molecule has 2 fully saturated rings. The first-order chi connectivity index (χ1) is 22.4. The summed E-state index contributed by atoms with van der Waals surface area (Å²) in [5.41, 5.74) is 6.06. The van der Waals surface area contributed by atoms with E-state index in [1.54, 1.807) is 20.5 Å². The number of ether oxygens (including phenoxy) is 2. The second-order valence-corrected chi connectivity index (χ2v) is 12.8. The Balaban J connectivity index is 1.15. The van der Waals surface area contributed by atoms with Gasteiger partial charge in [0, 0.05) is 67.8 Å². The van der Waals surface area contributed by atoms with Crippen LogP contribution in [0.2, 0.25) is 0 Å². The second-order valence-electron chi connectivity index (χ2n) is 12.8. The molecule has 2 aliphatic rings. The maximum absolute atomic E-state index is 13.5. The van der Waals surface area contributed by atoms with E-state index in [9.17, 15) is 4.79 Å². The Bertz CT molecular complexity index is 1900. The van der Waals surface area contributed by atoms with Crippen molar-refractivity contribution in [1.29, 1.82) is 0 Å². The molecule has 0 bridgehead atoms. The third-order valence-electron chi connectivity index (χ3n) is 10.2. The van der Waals surface area contributed by atoms with Crippen LogP contribution < -0.4 is 14.8 Å². The summed E-state index contributed by atoms with van der Waals surface area (Å²) in [6.45, 7) is 6.71. The van der Waals surface area contributed by atoms with E-state index in [-0.39, 0.29) is 5.91 Å². The number of fused-ring (bicyclic) bond motifs is 2. The van der Waals surface area contributed by atoms with Crippen LogP contribution in [0.3, 0.4) is 0 Å². The van der Waals surface area contributed by atoms with Gasteiger partial charge in [-0.2, -0.15) is 0 Å². The number of carbonyl (C=O) groups is 1. The number of benzene rings is 2. The van der Waals surface area contributed by atoms with Crippen LogP contribution in [0.1, 0.15) is 47.9 Å². The number of piperazine rings is 1. The monoisotopic (exact) mass is 621 g/mol. The minimum Gasteiger partial charge on any atom is -0.496 e. The summed E-state index contributed by atoms with van der Waals surface area (Å²) in [6, 6.07) is 14.7. The van der Waals surface area contributed by atoms with E-state index in [0.29, 0.717) is 29.2 Å². The van der Waals surface area contributed by atoms with E-state index >= 15 is 0 Å². The predicted octanol–water partition coefficient (Wildman–Crippen LogP) is 5.90. The van der Waals surface area contributed by atoms with Gasteiger partial charge in [0.2, 0.25) is 0 Å². The number of amides is 1. The summed E-state index contributed by atoms with van der Waals surface area (Å²) in [6.07, 6.45) is 8.62. The lowest BCUT2D eigenvalue weighted by molar-refractivity contribution is 0.0828. The Hall–Kier alpha value is -4.41. The number of nitrogens with one attached hydrogen (secondary N) is 1. The van der Waals surface area contributed by atoms with Crippen LogP contribution in [0.4, 0.5) is 5.69 Å². The fraction of sp³-hybridized carbons (Fsp3) is 0.417. The number of carbonyl (C=O) groups excluding carboxylic acids is 1. The molecule has 10 heteroatoms. The molecule has 0 spiro atoms. The van der Waals surface area contributed by atoms with Gasteiger partial charge in [-0.05, 0) is 75.5 Å². The van der Waals surface area contributed by atoms with Crippen LogP contribution in [-0.2, 0) is 7.05 Å². The standard InChI is InChI=1S/C36H43N7O3/c1-23-34-28(21-43(35(34)38-22-37-23)26-12-10-25(11-13-26)42-17-15-40(2)16-18-42)24-9-14-29(33(19-24)46-5)39-36(44)31-20-27-30(41(31)3)7-6-8-32(27)45-4/h6-9,14,19-22,25-26H,10-13,15-18H2,1-5H3,(H,39,44). The fourth-order valence-electron chi connectivity index (χ4n) is 7.50. The minimum atomic E-state index is -0.222. The lowest BCUT2D eigenvalue weighted by atomic mass is 9.89. The molecular formula is C36H43N7O3. The normalized spacial score (nSPS) is 19.5. The quantitative estimate of drug-likeness (QED) is 0.242. The molecule has 4 heterocycles. The Morgan fingerprint density at radius 3 is 2.37 bits per heavy atom. The van der Waals surface area contributed by atoms with Crippen molar-refractivity contribution in [3.8, 4) is 22.6 Å². The maximum atomic E-state index is 13.5. The average Bonchev–Trinajstić information content (AvgIpc) is 3.64. The Labute approximate surface area is 269 Å². The van der Waals surface area contributed by atoms with Crippen molar-refractivity contribution in [2.45, 2.75) is 44.7 Å². The summed E-state index contributed by atoms with van der Waals surface area (Å²) in [7, 11) is 7.37. The highest BCUT2D eigenvalue weighted by Crippen LogP contribution is 2.40. The number of nitrogens with zero attached hydrogens (tertiary/aromatic N) is 6. The van der Waals surface area contributed by atoms with E-state index in [2.05, 4.69) is 37.9 Å². The van der Waals surface area contributed by atoms with Crippen LogP contribution in [0.15, 0.2) is 55.0 Å². The zero-order valence-corrected chi connectivity index (χ0v) is 27.4. The highest BCUT2D eigenvalue weighted by Gasteiger charge is 2.30. The van der Waals surface area contributed by atoms with Gasteiger partial charge in [0.25, 0.3) is 5.91 Å². The van der Waals surface area contributed by atoms with Gasteiger partial charge in [-0.3, -0.25) is 9.69 Å². The molecule has 3 aromatic heterocycles. The number of aryl methyl sites for hydroxylation is 2. The van der Waals surface area contributed by atoms with E-state index in [1.807, 2.05) is 61.0 Å². The third-order valence-corrected chi connectivity index (χ3v) is 10.2. The number of methoxy groups -OCH3 is 2. The predicted molar refractivity (Wildman–Crippen MR) is 182 cm³/mol. The van der Waals surface area contributed by atoms with Crippen molar-refractivity contribution < 1.29 is 14.3 Å². The Kier molecular flexibility index (Phi) is 8.16. The SMILES string of the molecule is COc1cc(-c2cn(C3CCC(N4CCN(C)CC4)CC3)c3ncnc(C)c23)ccc1NC(=O)c1cc2c(OC)cccc2n1C. The highest BCUT2D eigenvalue weighted by atomic mass is 16.5. The van der Waals surface area contributed by atoms with Gasteiger partial charge in [-0.25, -0.2) is 9.97 Å². The maximum Gasteiger partial charge on any atom is 0.272 e. The van der Waals surface area contributed by atoms with Gasteiger partial charge < -0.3 is 28.8 Å². The van der Waals surface area contributed by atoms with Crippen molar-refractivity contribution in [3.63, 3.8) is 0 Å². The lowest BCUT2D eigenvalue weighted by Crippen LogP contribution is -2.49. The Morgan fingerprint density at radius 1 is 0.891 bits per heavy atom. The van der Waals surface area contributed by atoms with Crippen molar-refractivity contribution in [2.75, 3.05) is 52.8 Å². The van der Waals surface area contributed by atoms with Crippen molar-refractivity contribution in [3.05, 3.63) is 66.4 Å². The van der Waals surface area contributed by atoms with E-state index in [1.165, 1.54) is 25.9 Å². The average molecular weight is 622 g/mol. The van der Waals surface area contributed by atoms with Gasteiger partial charge in [-0.15, -0.1) is 0 Å².